The molecule has 0 fully saturated rings. The molecule has 0 bridgehead atoms. The molecule has 0 spiro atoms. The van der Waals surface area contributed by atoms with Gasteiger partial charge in [0, 0.05) is 10.5 Å². The van der Waals surface area contributed by atoms with Gasteiger partial charge in [-0.2, -0.15) is 0 Å². The number of nitrogens with zero attached hydrogens (tertiary/aromatic N) is 2. The molecular weight excluding hydrogens is 544 g/mol. The molecule has 40 heavy (non-hydrogen) atoms. The van der Waals surface area contributed by atoms with Crippen LogP contribution in [0.4, 0.5) is 0 Å². The van der Waals surface area contributed by atoms with E-state index in [2.05, 4.69) is 0 Å². The summed E-state index contributed by atoms with van der Waals surface area (Å²) in [5.41, 5.74) is 3.00. The molecule has 0 radical (unpaired) electrons. The van der Waals surface area contributed by atoms with E-state index in [9.17, 15) is 9.59 Å². The van der Waals surface area contributed by atoms with E-state index in [1.807, 2.05) is 85.1 Å². The second-order valence-corrected chi connectivity index (χ2v) is 11.0. The monoisotopic (exact) mass is 570 g/mol. The lowest BCUT2D eigenvalue weighted by Crippen LogP contribution is -2.40. The Bertz CT molecular complexity index is 1790. The Morgan fingerprint density at radius 1 is 1.07 bits per heavy atom. The van der Waals surface area contributed by atoms with Gasteiger partial charge < -0.3 is 14.2 Å². The molecule has 1 atom stereocenters. The minimum atomic E-state index is -0.705. The van der Waals surface area contributed by atoms with Crippen LogP contribution < -0.4 is 24.4 Å². The summed E-state index contributed by atoms with van der Waals surface area (Å²) in [5, 5.41) is 0. The molecule has 7 nitrogen and oxygen atoms in total. The van der Waals surface area contributed by atoms with E-state index in [4.69, 9.17) is 19.2 Å². The summed E-state index contributed by atoms with van der Waals surface area (Å²) in [6.45, 7) is 2.96. The maximum atomic E-state index is 14.0. The Morgan fingerprint density at radius 2 is 1.82 bits per heavy atom. The first-order chi connectivity index (χ1) is 19.6. The molecular formula is C31H26N2O5S2. The van der Waals surface area contributed by atoms with Crippen LogP contribution in [0, 0.1) is 0 Å². The van der Waals surface area contributed by atoms with Crippen molar-refractivity contribution in [3.63, 3.8) is 0 Å². The van der Waals surface area contributed by atoms with E-state index >= 15 is 0 Å². The highest BCUT2D eigenvalue weighted by Gasteiger charge is 2.35. The summed E-state index contributed by atoms with van der Waals surface area (Å²) in [6, 6.07) is 22.4. The van der Waals surface area contributed by atoms with Crippen LogP contribution in [0.15, 0.2) is 93.1 Å². The molecule has 4 aromatic rings. The molecule has 6 rings (SSSR count). The van der Waals surface area contributed by atoms with Crippen molar-refractivity contribution in [1.82, 2.24) is 4.57 Å². The summed E-state index contributed by atoms with van der Waals surface area (Å²) in [5.74, 6) is 0.839. The van der Waals surface area contributed by atoms with Crippen molar-refractivity contribution in [1.29, 1.82) is 0 Å². The summed E-state index contributed by atoms with van der Waals surface area (Å²) < 4.78 is 19.0. The molecule has 1 aromatic heterocycles. The number of thiazole rings is 1. The van der Waals surface area contributed by atoms with Crippen molar-refractivity contribution in [2.75, 3.05) is 26.1 Å². The number of carbonyl (C=O) groups is 1. The molecule has 3 aromatic carbocycles. The zero-order valence-electron chi connectivity index (χ0n) is 22.0. The average molecular weight is 571 g/mol. The first kappa shape index (κ1) is 26.2. The Balaban J connectivity index is 1.59. The number of benzene rings is 3. The van der Waals surface area contributed by atoms with Crippen LogP contribution in [0.2, 0.25) is 0 Å². The molecule has 9 heteroatoms. The highest BCUT2D eigenvalue weighted by Crippen LogP contribution is 2.36. The zero-order valence-corrected chi connectivity index (χ0v) is 23.6. The fourth-order valence-corrected chi connectivity index (χ4v) is 6.25. The Hall–Kier alpha value is -4.08. The van der Waals surface area contributed by atoms with E-state index in [1.54, 1.807) is 23.3 Å². The smallest absolute Gasteiger partial charge is 0.338 e. The van der Waals surface area contributed by atoms with Crippen LogP contribution in [-0.2, 0) is 9.53 Å². The number of rotatable bonds is 6. The van der Waals surface area contributed by atoms with Crippen LogP contribution in [0.1, 0.15) is 29.7 Å². The number of ether oxygens (including phenoxy) is 3. The first-order valence-electron chi connectivity index (χ1n) is 12.9. The SMILES string of the molecule is CCOC(=O)C1=C(c2ccccc2)N=c2s/c(=C\c3ccc4c(c3)OCCO4)c(=O)n2[C@H]1c1ccc(SC)cc1. The Kier molecular flexibility index (Phi) is 7.32. The first-order valence-corrected chi connectivity index (χ1v) is 14.9. The number of esters is 1. The third-order valence-electron chi connectivity index (χ3n) is 6.67. The molecule has 202 valence electrons. The van der Waals surface area contributed by atoms with Crippen molar-refractivity contribution < 1.29 is 19.0 Å². The molecule has 0 aliphatic carbocycles. The van der Waals surface area contributed by atoms with E-state index in [1.165, 1.54) is 11.3 Å². The van der Waals surface area contributed by atoms with Gasteiger partial charge in [0.05, 0.1) is 28.5 Å². The number of thioether (sulfide) groups is 1. The fourth-order valence-electron chi connectivity index (χ4n) is 4.84. The van der Waals surface area contributed by atoms with Crippen LogP contribution in [0.3, 0.4) is 0 Å². The number of hydrogen-bond acceptors (Lipinski definition) is 8. The van der Waals surface area contributed by atoms with Crippen LogP contribution in [0.5, 0.6) is 11.5 Å². The predicted octanol–water partition coefficient (Wildman–Crippen LogP) is 4.43. The number of carbonyl (C=O) groups excluding carboxylic acids is 1. The number of aromatic nitrogens is 1. The lowest BCUT2D eigenvalue weighted by Gasteiger charge is -2.26. The summed E-state index contributed by atoms with van der Waals surface area (Å²) >= 11 is 2.92. The molecule has 2 aliphatic rings. The molecule has 0 saturated heterocycles. The van der Waals surface area contributed by atoms with E-state index in [-0.39, 0.29) is 12.2 Å². The minimum absolute atomic E-state index is 0.205. The molecule has 0 saturated carbocycles. The number of hydrogen-bond donors (Lipinski definition) is 0. The lowest BCUT2D eigenvalue weighted by molar-refractivity contribution is -0.138. The van der Waals surface area contributed by atoms with Crippen molar-refractivity contribution in [3.05, 3.63) is 115 Å². The second-order valence-electron chi connectivity index (χ2n) is 9.11. The highest BCUT2D eigenvalue weighted by molar-refractivity contribution is 7.98. The topological polar surface area (TPSA) is 79.1 Å². The van der Waals surface area contributed by atoms with Crippen LogP contribution in [-0.4, -0.2) is 36.6 Å². The summed E-state index contributed by atoms with van der Waals surface area (Å²) in [4.78, 5) is 34.1. The van der Waals surface area contributed by atoms with Crippen molar-refractivity contribution in [2.45, 2.75) is 17.9 Å². The van der Waals surface area contributed by atoms with Gasteiger partial charge in [-0.25, -0.2) is 9.79 Å². The quantitative estimate of drug-likeness (QED) is 0.252. The normalized spacial score (nSPS) is 16.4. The van der Waals surface area contributed by atoms with Gasteiger partial charge >= 0.3 is 5.97 Å². The van der Waals surface area contributed by atoms with Gasteiger partial charge in [0.25, 0.3) is 5.56 Å². The fraction of sp³-hybridized carbons (Fsp3) is 0.194. The van der Waals surface area contributed by atoms with E-state index < -0.39 is 12.0 Å². The van der Waals surface area contributed by atoms with Gasteiger partial charge in [-0.15, -0.1) is 11.8 Å². The third kappa shape index (κ3) is 4.87. The molecule has 0 unspecified atom stereocenters. The maximum absolute atomic E-state index is 14.0. The molecule has 3 heterocycles. The predicted molar refractivity (Wildman–Crippen MR) is 157 cm³/mol. The van der Waals surface area contributed by atoms with Crippen LogP contribution >= 0.6 is 23.1 Å². The summed E-state index contributed by atoms with van der Waals surface area (Å²) in [6.07, 6.45) is 3.83. The minimum Gasteiger partial charge on any atom is -0.486 e. The maximum Gasteiger partial charge on any atom is 0.338 e. The standard InChI is InChI=1S/C31H26N2O5S2/c1-3-36-30(35)26-27(20-7-5-4-6-8-20)32-31-33(28(26)21-10-12-22(39-2)13-11-21)29(34)25(40-31)18-19-9-14-23-24(17-19)38-16-15-37-23/h4-14,17-18,28H,3,15-16H2,1-2H3/b25-18-/t28-/m0/s1. The summed E-state index contributed by atoms with van der Waals surface area (Å²) in [7, 11) is 0. The largest absolute Gasteiger partial charge is 0.486 e. The van der Waals surface area contributed by atoms with Gasteiger partial charge in [-0.05, 0) is 54.6 Å². The third-order valence-corrected chi connectivity index (χ3v) is 8.40. The van der Waals surface area contributed by atoms with Gasteiger partial charge in [0.2, 0.25) is 0 Å². The molecule has 0 amide bonds. The van der Waals surface area contributed by atoms with E-state index in [0.717, 1.165) is 21.6 Å². The Morgan fingerprint density at radius 3 is 2.55 bits per heavy atom. The Labute approximate surface area is 239 Å². The lowest BCUT2D eigenvalue weighted by atomic mass is 9.93. The van der Waals surface area contributed by atoms with Crippen LogP contribution in [0.25, 0.3) is 11.8 Å². The molecule has 0 N–H and O–H groups in total. The average Bonchev–Trinajstić information content (AvgIpc) is 3.31. The zero-order chi connectivity index (χ0) is 27.6. The van der Waals surface area contributed by atoms with Gasteiger partial charge in [-0.3, -0.25) is 9.36 Å². The van der Waals surface area contributed by atoms with Crippen molar-refractivity contribution >= 4 is 40.8 Å². The van der Waals surface area contributed by atoms with Gasteiger partial charge in [0.15, 0.2) is 16.3 Å². The molecule has 2 aliphatic heterocycles. The van der Waals surface area contributed by atoms with Gasteiger partial charge in [0.1, 0.15) is 13.2 Å². The highest BCUT2D eigenvalue weighted by atomic mass is 32.2. The van der Waals surface area contributed by atoms with E-state index in [0.29, 0.717) is 45.3 Å². The number of fused-ring (bicyclic) bond motifs is 2. The van der Waals surface area contributed by atoms with Crippen molar-refractivity contribution in [2.24, 2.45) is 4.99 Å². The van der Waals surface area contributed by atoms with Gasteiger partial charge in [-0.1, -0.05) is 59.9 Å². The van der Waals surface area contributed by atoms with Crippen molar-refractivity contribution in [3.8, 4) is 11.5 Å². The second kappa shape index (κ2) is 11.2.